The zero-order valence-electron chi connectivity index (χ0n) is 4.77. The van der Waals surface area contributed by atoms with Crippen LogP contribution >= 0.6 is 7.82 Å². The van der Waals surface area contributed by atoms with E-state index in [1.54, 1.807) is 0 Å². The molecule has 0 saturated carbocycles. The van der Waals surface area contributed by atoms with Gasteiger partial charge in [0.15, 0.2) is 0 Å². The van der Waals surface area contributed by atoms with Gasteiger partial charge in [0, 0.05) is 6.92 Å². The van der Waals surface area contributed by atoms with E-state index < -0.39 is 13.8 Å². The molecule has 0 rings (SSSR count). The summed E-state index contributed by atoms with van der Waals surface area (Å²) in [5.41, 5.74) is 0. The molecule has 0 radical (unpaired) electrons. The van der Waals surface area contributed by atoms with Crippen molar-refractivity contribution in [3.63, 3.8) is 0 Å². The van der Waals surface area contributed by atoms with Crippen molar-refractivity contribution < 1.29 is 23.7 Å². The highest BCUT2D eigenvalue weighted by Crippen LogP contribution is 2.35. The summed E-state index contributed by atoms with van der Waals surface area (Å²) in [6.07, 6.45) is 0. The van der Waals surface area contributed by atoms with Crippen LogP contribution in [0.3, 0.4) is 0 Å². The second-order valence-electron chi connectivity index (χ2n) is 1.07. The van der Waals surface area contributed by atoms with E-state index in [0.29, 0.717) is 0 Å². The fourth-order valence-corrected chi connectivity index (χ4v) is 0.502. The van der Waals surface area contributed by atoms with E-state index in [1.807, 2.05) is 0 Å². The molecule has 7 heteroatoms. The molecular weight excluding hydrogens is 149 g/mol. The molecule has 0 saturated heterocycles. The lowest BCUT2D eigenvalue weighted by Crippen LogP contribution is -1.94. The lowest BCUT2D eigenvalue weighted by molar-refractivity contribution is -0.133. The van der Waals surface area contributed by atoms with E-state index >= 15 is 0 Å². The Morgan fingerprint density at radius 3 is 1.89 bits per heavy atom. The lowest BCUT2D eigenvalue weighted by Gasteiger charge is -1.98. The fourth-order valence-electron chi connectivity index (χ4n) is 0.167. The molecule has 0 aromatic heterocycles. The number of hydrogen-bond acceptors (Lipinski definition) is 4. The van der Waals surface area contributed by atoms with Crippen LogP contribution in [-0.2, 0) is 13.9 Å². The van der Waals surface area contributed by atoms with Crippen molar-refractivity contribution in [1.29, 1.82) is 0 Å². The molecular formula is C2H8NO5P. The molecule has 0 heterocycles. The molecule has 6 nitrogen and oxygen atoms in total. The standard InChI is InChI=1S/C2H5O5P.H3N/c1-2(3)7-8(4,5)6;/h1H3,(H2,4,5,6);1H3. The molecule has 0 unspecified atom stereocenters. The van der Waals surface area contributed by atoms with Gasteiger partial charge in [-0.3, -0.25) is 14.6 Å². The molecule has 9 heavy (non-hydrogen) atoms. The van der Waals surface area contributed by atoms with Gasteiger partial charge in [-0.2, -0.15) is 0 Å². The second kappa shape index (κ2) is 3.58. The normalized spacial score (nSPS) is 9.67. The van der Waals surface area contributed by atoms with Gasteiger partial charge >= 0.3 is 13.8 Å². The SMILES string of the molecule is CC(=O)OP(=O)(O)O.N. The van der Waals surface area contributed by atoms with E-state index in [0.717, 1.165) is 6.92 Å². The summed E-state index contributed by atoms with van der Waals surface area (Å²) in [4.78, 5) is 25.5. The summed E-state index contributed by atoms with van der Waals surface area (Å²) >= 11 is 0. The first kappa shape index (κ1) is 11.4. The van der Waals surface area contributed by atoms with Crippen LogP contribution in [0.2, 0.25) is 0 Å². The van der Waals surface area contributed by atoms with Gasteiger partial charge in [0.2, 0.25) is 0 Å². The van der Waals surface area contributed by atoms with E-state index in [9.17, 15) is 9.36 Å². The maximum absolute atomic E-state index is 9.74. The Bertz CT molecular complexity index is 138. The summed E-state index contributed by atoms with van der Waals surface area (Å²) in [6, 6.07) is 0. The molecule has 0 fully saturated rings. The van der Waals surface area contributed by atoms with E-state index in [-0.39, 0.29) is 6.15 Å². The first-order chi connectivity index (χ1) is 3.42. The highest BCUT2D eigenvalue weighted by molar-refractivity contribution is 7.46. The minimum Gasteiger partial charge on any atom is -0.371 e. The van der Waals surface area contributed by atoms with Crippen molar-refractivity contribution in [3.8, 4) is 0 Å². The van der Waals surface area contributed by atoms with E-state index in [4.69, 9.17) is 9.79 Å². The predicted octanol–water partition coefficient (Wildman–Crippen LogP) is -0.196. The van der Waals surface area contributed by atoms with Crippen molar-refractivity contribution in [2.24, 2.45) is 0 Å². The average molecular weight is 157 g/mol. The number of phosphoric ester groups is 1. The van der Waals surface area contributed by atoms with E-state index in [1.165, 1.54) is 0 Å². The van der Waals surface area contributed by atoms with Crippen LogP contribution < -0.4 is 6.15 Å². The van der Waals surface area contributed by atoms with Crippen LogP contribution in [0.15, 0.2) is 0 Å². The maximum atomic E-state index is 9.74. The second-order valence-corrected chi connectivity index (χ2v) is 2.24. The molecule has 56 valence electrons. The average Bonchev–Trinajstić information content (AvgIpc) is 1.21. The third-order valence-corrected chi connectivity index (χ3v) is 0.742. The van der Waals surface area contributed by atoms with Crippen molar-refractivity contribution in [3.05, 3.63) is 0 Å². The quantitative estimate of drug-likeness (QED) is 0.453. The largest absolute Gasteiger partial charge is 0.526 e. The van der Waals surface area contributed by atoms with E-state index in [2.05, 4.69) is 4.52 Å². The van der Waals surface area contributed by atoms with Gasteiger partial charge in [0.1, 0.15) is 0 Å². The Morgan fingerprint density at radius 1 is 1.56 bits per heavy atom. The van der Waals surface area contributed by atoms with Crippen LogP contribution in [0.4, 0.5) is 0 Å². The monoisotopic (exact) mass is 157 g/mol. The van der Waals surface area contributed by atoms with Gasteiger partial charge in [-0.25, -0.2) is 4.57 Å². The smallest absolute Gasteiger partial charge is 0.371 e. The number of carbonyl (C=O) groups excluding carboxylic acids is 1. The Balaban J connectivity index is 0. The molecule has 0 aliphatic heterocycles. The third-order valence-electron chi connectivity index (χ3n) is 0.247. The van der Waals surface area contributed by atoms with Gasteiger partial charge in [-0.05, 0) is 0 Å². The molecule has 0 aliphatic carbocycles. The number of phosphoric acid groups is 1. The Morgan fingerprint density at radius 2 is 1.89 bits per heavy atom. The Kier molecular flexibility index (Phi) is 4.52. The minimum atomic E-state index is -4.57. The van der Waals surface area contributed by atoms with Crippen LogP contribution in [0, 0.1) is 0 Å². The van der Waals surface area contributed by atoms with Crippen molar-refractivity contribution in [1.82, 2.24) is 6.15 Å². The summed E-state index contributed by atoms with van der Waals surface area (Å²) in [7, 11) is -4.57. The van der Waals surface area contributed by atoms with Gasteiger partial charge in [-0.15, -0.1) is 0 Å². The third kappa shape index (κ3) is 11.3. The summed E-state index contributed by atoms with van der Waals surface area (Å²) in [5, 5.41) is 0. The number of hydrogen-bond donors (Lipinski definition) is 3. The minimum absolute atomic E-state index is 0. The molecule has 0 bridgehead atoms. The van der Waals surface area contributed by atoms with Gasteiger partial charge in [0.05, 0.1) is 0 Å². The fraction of sp³-hybridized carbons (Fsp3) is 0.500. The predicted molar refractivity (Wildman–Crippen MR) is 28.8 cm³/mol. The lowest BCUT2D eigenvalue weighted by atomic mass is 10.9. The molecule has 0 aromatic rings. The van der Waals surface area contributed by atoms with Crippen LogP contribution in [0.5, 0.6) is 0 Å². The zero-order valence-corrected chi connectivity index (χ0v) is 5.67. The van der Waals surface area contributed by atoms with Gasteiger partial charge < -0.3 is 10.7 Å². The zero-order chi connectivity index (χ0) is 6.78. The van der Waals surface area contributed by atoms with Gasteiger partial charge in [0.25, 0.3) is 0 Å². The maximum Gasteiger partial charge on any atom is 0.526 e. The van der Waals surface area contributed by atoms with Gasteiger partial charge in [-0.1, -0.05) is 0 Å². The first-order valence-corrected chi connectivity index (χ1v) is 3.20. The first-order valence-electron chi connectivity index (χ1n) is 1.67. The summed E-state index contributed by atoms with van der Waals surface area (Å²) in [6.45, 7) is 0.916. The highest BCUT2D eigenvalue weighted by Gasteiger charge is 2.16. The summed E-state index contributed by atoms with van der Waals surface area (Å²) < 4.78 is 13.2. The van der Waals surface area contributed by atoms with Crippen LogP contribution in [-0.4, -0.2) is 15.8 Å². The Hall–Kier alpha value is -0.420. The van der Waals surface area contributed by atoms with Crippen molar-refractivity contribution >= 4 is 13.8 Å². The Labute approximate surface area is 51.7 Å². The number of rotatable bonds is 1. The van der Waals surface area contributed by atoms with Crippen molar-refractivity contribution in [2.75, 3.05) is 0 Å². The molecule has 0 aromatic carbocycles. The topological polar surface area (TPSA) is 119 Å². The number of carbonyl (C=O) groups is 1. The highest BCUT2D eigenvalue weighted by atomic mass is 31.2. The molecule has 5 N–H and O–H groups in total. The molecule has 0 aliphatic rings. The summed E-state index contributed by atoms with van der Waals surface area (Å²) in [5.74, 6) is -0.988. The molecule has 0 spiro atoms. The van der Waals surface area contributed by atoms with Crippen molar-refractivity contribution in [2.45, 2.75) is 6.92 Å². The van der Waals surface area contributed by atoms with Crippen LogP contribution in [0.1, 0.15) is 6.92 Å². The molecule has 0 atom stereocenters. The molecule has 0 amide bonds. The van der Waals surface area contributed by atoms with Crippen LogP contribution in [0.25, 0.3) is 0 Å².